The highest BCUT2D eigenvalue weighted by molar-refractivity contribution is 7.12. The Kier molecular flexibility index (Phi) is 7.27. The number of carbonyl (C=O) groups excluding carboxylic acids is 1. The Morgan fingerprint density at radius 1 is 1.28 bits per heavy atom. The highest BCUT2D eigenvalue weighted by atomic mass is 32.1. The number of benzene rings is 1. The zero-order chi connectivity index (χ0) is 22.5. The van der Waals surface area contributed by atoms with Gasteiger partial charge in [0.25, 0.3) is 5.91 Å². The molecule has 2 aromatic heterocycles. The van der Waals surface area contributed by atoms with Crippen LogP contribution in [0.1, 0.15) is 39.2 Å². The summed E-state index contributed by atoms with van der Waals surface area (Å²) >= 11 is 1.54. The number of hydrogen-bond acceptors (Lipinski definition) is 5. The van der Waals surface area contributed by atoms with Gasteiger partial charge in [-0.15, -0.1) is 11.3 Å². The molecular formula is C25H32N4O2S. The summed E-state index contributed by atoms with van der Waals surface area (Å²) < 4.78 is 8.00. The third-order valence-electron chi connectivity index (χ3n) is 5.91. The lowest BCUT2D eigenvalue weighted by Gasteiger charge is -2.32. The van der Waals surface area contributed by atoms with Gasteiger partial charge in [-0.3, -0.25) is 14.4 Å². The van der Waals surface area contributed by atoms with Crippen LogP contribution >= 0.6 is 11.3 Å². The van der Waals surface area contributed by atoms with Gasteiger partial charge in [-0.2, -0.15) is 5.10 Å². The first-order valence-corrected chi connectivity index (χ1v) is 12.1. The predicted molar refractivity (Wildman–Crippen MR) is 128 cm³/mol. The number of piperidine rings is 1. The summed E-state index contributed by atoms with van der Waals surface area (Å²) in [5.74, 6) is 1.43. The molecule has 0 saturated carbocycles. The lowest BCUT2D eigenvalue weighted by atomic mass is 9.98. The standard InChI is InChI=1S/C25H32N4O2S/c1-19-9-11-32-24(19)25(30)29-10-5-7-21(17-29)18-31-23-8-4-6-20(12-23)14-27(2)15-22-13-26-28(3)16-22/h4,6,8-9,11-13,16,21H,5,7,10,14-15,17-18H2,1-3H3. The van der Waals surface area contributed by atoms with Gasteiger partial charge in [0, 0.05) is 50.9 Å². The quantitative estimate of drug-likeness (QED) is 0.510. The second-order valence-electron chi connectivity index (χ2n) is 8.85. The van der Waals surface area contributed by atoms with E-state index >= 15 is 0 Å². The van der Waals surface area contributed by atoms with E-state index in [1.165, 1.54) is 22.5 Å². The van der Waals surface area contributed by atoms with E-state index in [1.807, 2.05) is 53.5 Å². The van der Waals surface area contributed by atoms with Crippen molar-refractivity contribution in [3.63, 3.8) is 0 Å². The van der Waals surface area contributed by atoms with Crippen LogP contribution in [-0.4, -0.2) is 52.2 Å². The molecule has 0 radical (unpaired) electrons. The highest BCUT2D eigenvalue weighted by Gasteiger charge is 2.26. The van der Waals surface area contributed by atoms with E-state index in [2.05, 4.69) is 35.2 Å². The van der Waals surface area contributed by atoms with Crippen LogP contribution in [0.3, 0.4) is 0 Å². The van der Waals surface area contributed by atoms with Crippen LogP contribution in [-0.2, 0) is 20.1 Å². The Labute approximate surface area is 194 Å². The van der Waals surface area contributed by atoms with Crippen molar-refractivity contribution in [2.75, 3.05) is 26.7 Å². The fourth-order valence-corrected chi connectivity index (χ4v) is 5.19. The van der Waals surface area contributed by atoms with Crippen LogP contribution in [0.15, 0.2) is 48.1 Å². The smallest absolute Gasteiger partial charge is 0.264 e. The van der Waals surface area contributed by atoms with Crippen LogP contribution in [0, 0.1) is 12.8 Å². The monoisotopic (exact) mass is 452 g/mol. The molecule has 1 aliphatic heterocycles. The molecule has 0 spiro atoms. The van der Waals surface area contributed by atoms with Crippen molar-refractivity contribution in [2.24, 2.45) is 13.0 Å². The second-order valence-corrected chi connectivity index (χ2v) is 9.76. The van der Waals surface area contributed by atoms with E-state index in [0.717, 1.165) is 55.2 Å². The number of likely N-dealkylation sites (tertiary alicyclic amines) is 1. The third-order valence-corrected chi connectivity index (χ3v) is 6.91. The molecule has 3 heterocycles. The Morgan fingerprint density at radius 3 is 2.88 bits per heavy atom. The van der Waals surface area contributed by atoms with E-state index in [4.69, 9.17) is 4.74 Å². The topological polar surface area (TPSA) is 50.6 Å². The van der Waals surface area contributed by atoms with Crippen molar-refractivity contribution < 1.29 is 9.53 Å². The Bertz CT molecular complexity index is 1040. The second kappa shape index (κ2) is 10.3. The van der Waals surface area contributed by atoms with Crippen LogP contribution < -0.4 is 4.74 Å². The van der Waals surface area contributed by atoms with Gasteiger partial charge in [0.15, 0.2) is 0 Å². The first-order chi connectivity index (χ1) is 15.5. The Hall–Kier alpha value is -2.64. The molecular weight excluding hydrogens is 420 g/mol. The molecule has 4 rings (SSSR count). The average Bonchev–Trinajstić information content (AvgIpc) is 3.39. The fraction of sp³-hybridized carbons (Fsp3) is 0.440. The van der Waals surface area contributed by atoms with Crippen LogP contribution in [0.5, 0.6) is 5.75 Å². The maximum atomic E-state index is 12.9. The molecule has 1 atom stereocenters. The number of rotatable bonds is 8. The molecule has 3 aromatic rings. The molecule has 1 amide bonds. The van der Waals surface area contributed by atoms with Gasteiger partial charge in [-0.05, 0) is 61.5 Å². The molecule has 0 N–H and O–H groups in total. The van der Waals surface area contributed by atoms with Crippen molar-refractivity contribution in [1.82, 2.24) is 19.6 Å². The number of nitrogens with zero attached hydrogens (tertiary/aromatic N) is 4. The minimum absolute atomic E-state index is 0.167. The fourth-order valence-electron chi connectivity index (χ4n) is 4.30. The minimum atomic E-state index is 0.167. The lowest BCUT2D eigenvalue weighted by Crippen LogP contribution is -2.41. The maximum absolute atomic E-state index is 12.9. The summed E-state index contributed by atoms with van der Waals surface area (Å²) in [7, 11) is 4.05. The number of hydrogen-bond donors (Lipinski definition) is 0. The predicted octanol–water partition coefficient (Wildman–Crippen LogP) is 4.35. The van der Waals surface area contributed by atoms with Gasteiger partial charge >= 0.3 is 0 Å². The third kappa shape index (κ3) is 5.78. The van der Waals surface area contributed by atoms with Crippen molar-refractivity contribution in [3.8, 4) is 5.75 Å². The van der Waals surface area contributed by atoms with Crippen molar-refractivity contribution in [3.05, 3.63) is 69.7 Å². The number of carbonyl (C=O) groups is 1. The van der Waals surface area contributed by atoms with Crippen LogP contribution in [0.4, 0.5) is 0 Å². The number of aromatic nitrogens is 2. The number of thiophene rings is 1. The van der Waals surface area contributed by atoms with Gasteiger partial charge in [0.05, 0.1) is 17.7 Å². The summed E-state index contributed by atoms with van der Waals surface area (Å²) in [6, 6.07) is 10.4. The van der Waals surface area contributed by atoms with E-state index in [1.54, 1.807) is 0 Å². The molecule has 1 saturated heterocycles. The first kappa shape index (κ1) is 22.6. The largest absolute Gasteiger partial charge is 0.493 e. The zero-order valence-electron chi connectivity index (χ0n) is 19.2. The van der Waals surface area contributed by atoms with E-state index < -0.39 is 0 Å². The molecule has 1 aliphatic rings. The summed E-state index contributed by atoms with van der Waals surface area (Å²) in [5.41, 5.74) is 3.50. The zero-order valence-corrected chi connectivity index (χ0v) is 20.0. The van der Waals surface area contributed by atoms with E-state index in [9.17, 15) is 4.79 Å². The maximum Gasteiger partial charge on any atom is 0.264 e. The Morgan fingerprint density at radius 2 is 2.12 bits per heavy atom. The molecule has 6 nitrogen and oxygen atoms in total. The molecule has 32 heavy (non-hydrogen) atoms. The molecule has 0 bridgehead atoms. The minimum Gasteiger partial charge on any atom is -0.493 e. The Balaban J connectivity index is 1.29. The van der Waals surface area contributed by atoms with Crippen LogP contribution in [0.2, 0.25) is 0 Å². The highest BCUT2D eigenvalue weighted by Crippen LogP contribution is 2.24. The number of amides is 1. The summed E-state index contributed by atoms with van der Waals surface area (Å²) in [4.78, 5) is 18.0. The lowest BCUT2D eigenvalue weighted by molar-refractivity contribution is 0.0637. The van der Waals surface area contributed by atoms with Crippen molar-refractivity contribution in [1.29, 1.82) is 0 Å². The molecule has 0 aliphatic carbocycles. The molecule has 7 heteroatoms. The number of ether oxygens (including phenoxy) is 1. The van der Waals surface area contributed by atoms with Gasteiger partial charge in [-0.1, -0.05) is 12.1 Å². The summed E-state index contributed by atoms with van der Waals surface area (Å²) in [5, 5.41) is 6.23. The molecule has 1 aromatic carbocycles. The van der Waals surface area contributed by atoms with E-state index in [0.29, 0.717) is 12.5 Å². The summed E-state index contributed by atoms with van der Waals surface area (Å²) in [6.07, 6.45) is 6.09. The molecule has 170 valence electrons. The van der Waals surface area contributed by atoms with Gasteiger partial charge < -0.3 is 9.64 Å². The normalized spacial score (nSPS) is 16.5. The van der Waals surface area contributed by atoms with Gasteiger partial charge in [-0.25, -0.2) is 0 Å². The SMILES string of the molecule is Cc1ccsc1C(=O)N1CCCC(COc2cccc(CN(C)Cc3cnn(C)c3)c2)C1. The van der Waals surface area contributed by atoms with Crippen molar-refractivity contribution >= 4 is 17.2 Å². The number of aryl methyl sites for hydroxylation is 2. The van der Waals surface area contributed by atoms with E-state index in [-0.39, 0.29) is 5.91 Å². The van der Waals surface area contributed by atoms with Gasteiger partial charge in [0.2, 0.25) is 0 Å². The molecule has 1 unspecified atom stereocenters. The summed E-state index contributed by atoms with van der Waals surface area (Å²) in [6.45, 7) is 5.96. The van der Waals surface area contributed by atoms with Crippen LogP contribution in [0.25, 0.3) is 0 Å². The van der Waals surface area contributed by atoms with Gasteiger partial charge in [0.1, 0.15) is 5.75 Å². The average molecular weight is 453 g/mol. The first-order valence-electron chi connectivity index (χ1n) is 11.2. The van der Waals surface area contributed by atoms with Crippen molar-refractivity contribution in [2.45, 2.75) is 32.9 Å². The molecule has 1 fully saturated rings.